The molecule has 1 unspecified atom stereocenters. The Kier molecular flexibility index (Phi) is 3.37. The third-order valence-corrected chi connectivity index (χ3v) is 4.55. The van der Waals surface area contributed by atoms with E-state index in [1.54, 1.807) is 19.8 Å². The maximum absolute atomic E-state index is 5.23. The average Bonchev–Trinajstić information content (AvgIpc) is 3.22. The standard InChI is InChI=1S/C17H19N5O/c1-21-11-20-15-16(21)18-10-19-17(15)22-8-7-13(9-22)12-3-5-14(23-2)6-4-12/h3-6,10-11,13H,7-9H2,1-2H3. The lowest BCUT2D eigenvalue weighted by atomic mass is 9.98. The van der Waals surface area contributed by atoms with E-state index in [-0.39, 0.29) is 0 Å². The van der Waals surface area contributed by atoms with Crippen molar-refractivity contribution in [3.05, 3.63) is 42.5 Å². The number of methoxy groups -OCH3 is 1. The summed E-state index contributed by atoms with van der Waals surface area (Å²) >= 11 is 0. The van der Waals surface area contributed by atoms with E-state index in [9.17, 15) is 0 Å². The minimum atomic E-state index is 0.509. The first kappa shape index (κ1) is 14.0. The first-order valence-corrected chi connectivity index (χ1v) is 7.77. The summed E-state index contributed by atoms with van der Waals surface area (Å²) in [6.07, 6.45) is 4.53. The number of anilines is 1. The first-order valence-electron chi connectivity index (χ1n) is 7.77. The third-order valence-electron chi connectivity index (χ3n) is 4.55. The summed E-state index contributed by atoms with van der Waals surface area (Å²) in [6, 6.07) is 8.37. The summed E-state index contributed by atoms with van der Waals surface area (Å²) in [6.45, 7) is 1.94. The van der Waals surface area contributed by atoms with Gasteiger partial charge >= 0.3 is 0 Å². The van der Waals surface area contributed by atoms with E-state index in [1.807, 2.05) is 23.7 Å². The largest absolute Gasteiger partial charge is 0.497 e. The Balaban J connectivity index is 1.59. The lowest BCUT2D eigenvalue weighted by Crippen LogP contribution is -2.21. The van der Waals surface area contributed by atoms with Crippen molar-refractivity contribution in [1.82, 2.24) is 19.5 Å². The molecule has 118 valence electrons. The van der Waals surface area contributed by atoms with E-state index in [0.29, 0.717) is 5.92 Å². The molecule has 6 heteroatoms. The number of aryl methyl sites for hydroxylation is 1. The highest BCUT2D eigenvalue weighted by atomic mass is 16.5. The molecule has 0 spiro atoms. The molecule has 1 aliphatic rings. The predicted octanol–water partition coefficient (Wildman–Crippen LogP) is 2.37. The van der Waals surface area contributed by atoms with Crippen LogP contribution >= 0.6 is 0 Å². The van der Waals surface area contributed by atoms with Crippen molar-refractivity contribution < 1.29 is 4.74 Å². The number of benzene rings is 1. The first-order chi connectivity index (χ1) is 11.3. The second-order valence-corrected chi connectivity index (χ2v) is 5.93. The van der Waals surface area contributed by atoms with Gasteiger partial charge in [0.15, 0.2) is 17.0 Å². The molecular weight excluding hydrogens is 290 g/mol. The normalized spacial score (nSPS) is 17.8. The van der Waals surface area contributed by atoms with E-state index in [4.69, 9.17) is 4.74 Å². The monoisotopic (exact) mass is 309 g/mol. The molecular formula is C17H19N5O. The van der Waals surface area contributed by atoms with E-state index in [2.05, 4.69) is 32.0 Å². The third kappa shape index (κ3) is 2.40. The molecule has 3 aromatic rings. The Bertz CT molecular complexity index is 827. The number of rotatable bonds is 3. The highest BCUT2D eigenvalue weighted by molar-refractivity contribution is 5.83. The van der Waals surface area contributed by atoms with Crippen molar-refractivity contribution in [3.63, 3.8) is 0 Å². The topological polar surface area (TPSA) is 56.1 Å². The Hall–Kier alpha value is -2.63. The molecule has 23 heavy (non-hydrogen) atoms. The minimum Gasteiger partial charge on any atom is -0.497 e. The molecule has 0 amide bonds. The summed E-state index contributed by atoms with van der Waals surface area (Å²) in [4.78, 5) is 15.6. The van der Waals surface area contributed by atoms with Crippen LogP contribution in [0.4, 0.5) is 5.82 Å². The molecule has 4 rings (SSSR count). The van der Waals surface area contributed by atoms with Gasteiger partial charge in [-0.25, -0.2) is 15.0 Å². The zero-order chi connectivity index (χ0) is 15.8. The van der Waals surface area contributed by atoms with Gasteiger partial charge in [0.25, 0.3) is 0 Å². The Labute approximate surface area is 134 Å². The van der Waals surface area contributed by atoms with Gasteiger partial charge in [0, 0.05) is 26.1 Å². The fraction of sp³-hybridized carbons (Fsp3) is 0.353. The summed E-state index contributed by atoms with van der Waals surface area (Å²) < 4.78 is 7.16. The lowest BCUT2D eigenvalue weighted by Gasteiger charge is -2.17. The van der Waals surface area contributed by atoms with Crippen LogP contribution < -0.4 is 9.64 Å². The molecule has 0 aliphatic carbocycles. The maximum atomic E-state index is 5.23. The molecule has 2 aromatic heterocycles. The molecule has 6 nitrogen and oxygen atoms in total. The minimum absolute atomic E-state index is 0.509. The molecule has 1 aliphatic heterocycles. The molecule has 0 saturated carbocycles. The van der Waals surface area contributed by atoms with Crippen LogP contribution in [0.15, 0.2) is 36.9 Å². The number of hydrogen-bond donors (Lipinski definition) is 0. The zero-order valence-electron chi connectivity index (χ0n) is 13.3. The molecule has 0 bridgehead atoms. The van der Waals surface area contributed by atoms with Crippen LogP contribution in [0.2, 0.25) is 0 Å². The Morgan fingerprint density at radius 1 is 1.13 bits per heavy atom. The van der Waals surface area contributed by atoms with Crippen LogP contribution in [0.1, 0.15) is 17.9 Å². The van der Waals surface area contributed by atoms with Crippen molar-refractivity contribution in [1.29, 1.82) is 0 Å². The summed E-state index contributed by atoms with van der Waals surface area (Å²) in [5.41, 5.74) is 3.10. The van der Waals surface area contributed by atoms with Gasteiger partial charge in [0.05, 0.1) is 13.4 Å². The van der Waals surface area contributed by atoms with E-state index < -0.39 is 0 Å². The predicted molar refractivity (Wildman–Crippen MR) is 88.9 cm³/mol. The van der Waals surface area contributed by atoms with Crippen molar-refractivity contribution in [3.8, 4) is 5.75 Å². The van der Waals surface area contributed by atoms with Crippen molar-refractivity contribution in [2.45, 2.75) is 12.3 Å². The van der Waals surface area contributed by atoms with Crippen LogP contribution in [-0.2, 0) is 7.05 Å². The van der Waals surface area contributed by atoms with Crippen LogP contribution in [0.5, 0.6) is 5.75 Å². The van der Waals surface area contributed by atoms with Gasteiger partial charge < -0.3 is 14.2 Å². The highest BCUT2D eigenvalue weighted by Crippen LogP contribution is 2.32. The van der Waals surface area contributed by atoms with Gasteiger partial charge in [-0.1, -0.05) is 12.1 Å². The molecule has 0 radical (unpaired) electrons. The van der Waals surface area contributed by atoms with Crippen LogP contribution in [0, 0.1) is 0 Å². The summed E-state index contributed by atoms with van der Waals surface area (Å²) in [5.74, 6) is 2.34. The SMILES string of the molecule is COc1ccc(C2CCN(c3ncnc4c3ncn4C)C2)cc1. The molecule has 1 aromatic carbocycles. The number of ether oxygens (including phenoxy) is 1. The van der Waals surface area contributed by atoms with Crippen LogP contribution in [0.3, 0.4) is 0 Å². The molecule has 1 atom stereocenters. The van der Waals surface area contributed by atoms with E-state index >= 15 is 0 Å². The van der Waals surface area contributed by atoms with Gasteiger partial charge in [-0.3, -0.25) is 0 Å². The van der Waals surface area contributed by atoms with Crippen LogP contribution in [-0.4, -0.2) is 39.7 Å². The van der Waals surface area contributed by atoms with Crippen molar-refractivity contribution in [2.24, 2.45) is 7.05 Å². The highest BCUT2D eigenvalue weighted by Gasteiger charge is 2.26. The second kappa shape index (κ2) is 5.53. The number of hydrogen-bond acceptors (Lipinski definition) is 5. The number of aromatic nitrogens is 4. The molecule has 1 fully saturated rings. The van der Waals surface area contributed by atoms with Crippen LogP contribution in [0.25, 0.3) is 11.2 Å². The lowest BCUT2D eigenvalue weighted by molar-refractivity contribution is 0.414. The average molecular weight is 309 g/mol. The van der Waals surface area contributed by atoms with Gasteiger partial charge in [0.2, 0.25) is 0 Å². The van der Waals surface area contributed by atoms with Gasteiger partial charge in [-0.05, 0) is 24.1 Å². The fourth-order valence-corrected chi connectivity index (χ4v) is 3.27. The van der Waals surface area contributed by atoms with Crippen molar-refractivity contribution in [2.75, 3.05) is 25.1 Å². The van der Waals surface area contributed by atoms with Gasteiger partial charge in [-0.15, -0.1) is 0 Å². The number of nitrogens with zero attached hydrogens (tertiary/aromatic N) is 5. The molecule has 0 N–H and O–H groups in total. The smallest absolute Gasteiger partial charge is 0.165 e. The maximum Gasteiger partial charge on any atom is 0.165 e. The molecule has 3 heterocycles. The Morgan fingerprint density at radius 3 is 2.74 bits per heavy atom. The fourth-order valence-electron chi connectivity index (χ4n) is 3.27. The Morgan fingerprint density at radius 2 is 1.96 bits per heavy atom. The van der Waals surface area contributed by atoms with Gasteiger partial charge in [0.1, 0.15) is 12.1 Å². The van der Waals surface area contributed by atoms with Crippen molar-refractivity contribution >= 4 is 17.0 Å². The zero-order valence-corrected chi connectivity index (χ0v) is 13.3. The van der Waals surface area contributed by atoms with E-state index in [1.165, 1.54) is 5.56 Å². The quantitative estimate of drug-likeness (QED) is 0.743. The van der Waals surface area contributed by atoms with Gasteiger partial charge in [-0.2, -0.15) is 0 Å². The summed E-state index contributed by atoms with van der Waals surface area (Å²) in [5, 5.41) is 0. The number of fused-ring (bicyclic) bond motifs is 1. The second-order valence-electron chi connectivity index (χ2n) is 5.93. The number of imidazole rings is 1. The molecule has 1 saturated heterocycles. The van der Waals surface area contributed by atoms with E-state index in [0.717, 1.165) is 42.2 Å². The summed E-state index contributed by atoms with van der Waals surface area (Å²) in [7, 11) is 3.65.